The molecular weight excluding hydrogens is 192 g/mol. The molecule has 0 fully saturated rings. The molecule has 1 rings (SSSR count). The summed E-state index contributed by atoms with van der Waals surface area (Å²) in [4.78, 5) is 0. The van der Waals surface area contributed by atoms with Crippen LogP contribution in [0, 0.1) is 0 Å². The van der Waals surface area contributed by atoms with E-state index in [1.165, 1.54) is 0 Å². The van der Waals surface area contributed by atoms with Crippen LogP contribution in [0.5, 0.6) is 0 Å². The van der Waals surface area contributed by atoms with Crippen LogP contribution in [0.25, 0.3) is 0 Å². The van der Waals surface area contributed by atoms with Gasteiger partial charge in [-0.15, -0.1) is 0 Å². The summed E-state index contributed by atoms with van der Waals surface area (Å²) in [5.41, 5.74) is 5.92. The van der Waals surface area contributed by atoms with Crippen molar-refractivity contribution in [2.24, 2.45) is 5.73 Å². The van der Waals surface area contributed by atoms with E-state index in [-0.39, 0.29) is 18.8 Å². The number of rotatable bonds is 5. The van der Waals surface area contributed by atoms with Crippen LogP contribution in [0.4, 0.5) is 0 Å². The Hall–Kier alpha value is -0.920. The van der Waals surface area contributed by atoms with E-state index in [9.17, 15) is 8.42 Å². The Balaban J connectivity index is 2.43. The molecule has 0 saturated heterocycles. The second-order valence-electron chi connectivity index (χ2n) is 2.54. The molecule has 0 unspecified atom stereocenters. The number of aromatic amines is 1. The molecule has 13 heavy (non-hydrogen) atoms. The minimum Gasteiger partial charge on any atom is -0.329 e. The fourth-order valence-electron chi connectivity index (χ4n) is 0.795. The van der Waals surface area contributed by atoms with Crippen molar-refractivity contribution in [1.82, 2.24) is 14.9 Å². The number of H-pyrrole nitrogens is 1. The maximum absolute atomic E-state index is 11.1. The van der Waals surface area contributed by atoms with Crippen LogP contribution >= 0.6 is 0 Å². The Morgan fingerprint density at radius 1 is 1.62 bits per heavy atom. The second-order valence-corrected chi connectivity index (χ2v) is 4.46. The van der Waals surface area contributed by atoms with Gasteiger partial charge in [0.05, 0.1) is 11.9 Å². The molecule has 0 amide bonds. The summed E-state index contributed by atoms with van der Waals surface area (Å²) in [6, 6.07) is 0. The van der Waals surface area contributed by atoms with E-state index in [1.54, 1.807) is 12.4 Å². The third-order valence-corrected chi connectivity index (χ3v) is 2.79. The smallest absolute Gasteiger partial charge is 0.213 e. The quantitative estimate of drug-likeness (QED) is 0.560. The van der Waals surface area contributed by atoms with Crippen molar-refractivity contribution in [1.29, 1.82) is 0 Å². The standard InChI is InChI=1S/C6H12N4O2S/c7-1-2-13(11,12)10-5-6-3-8-9-4-6/h3-4,10H,1-2,5,7H2,(H,8,9). The van der Waals surface area contributed by atoms with Gasteiger partial charge in [0.15, 0.2) is 0 Å². The summed E-state index contributed by atoms with van der Waals surface area (Å²) in [5.74, 6) is -0.0507. The van der Waals surface area contributed by atoms with Crippen molar-refractivity contribution in [3.05, 3.63) is 18.0 Å². The lowest BCUT2D eigenvalue weighted by Gasteiger charge is -2.02. The Bertz CT molecular complexity index is 332. The lowest BCUT2D eigenvalue weighted by molar-refractivity contribution is 0.581. The predicted molar refractivity (Wildman–Crippen MR) is 48.3 cm³/mol. The lowest BCUT2D eigenvalue weighted by Crippen LogP contribution is -2.29. The highest BCUT2D eigenvalue weighted by Crippen LogP contribution is 1.93. The van der Waals surface area contributed by atoms with Gasteiger partial charge in [-0.3, -0.25) is 5.10 Å². The molecule has 0 spiro atoms. The first kappa shape index (κ1) is 10.2. The summed E-state index contributed by atoms with van der Waals surface area (Å²) >= 11 is 0. The van der Waals surface area contributed by atoms with Crippen molar-refractivity contribution in [3.63, 3.8) is 0 Å². The van der Waals surface area contributed by atoms with E-state index < -0.39 is 10.0 Å². The minimum absolute atomic E-state index is 0.0507. The highest BCUT2D eigenvalue weighted by atomic mass is 32.2. The Kier molecular flexibility index (Phi) is 3.40. The Morgan fingerprint density at radius 3 is 2.92 bits per heavy atom. The third kappa shape index (κ3) is 3.53. The number of nitrogens with zero attached hydrogens (tertiary/aromatic N) is 1. The molecule has 0 radical (unpaired) electrons. The minimum atomic E-state index is -3.22. The van der Waals surface area contributed by atoms with Crippen LogP contribution in [0.2, 0.25) is 0 Å². The van der Waals surface area contributed by atoms with E-state index in [4.69, 9.17) is 5.73 Å². The number of hydrogen-bond donors (Lipinski definition) is 3. The zero-order valence-electron chi connectivity index (χ0n) is 7.03. The lowest BCUT2D eigenvalue weighted by atomic mass is 10.4. The molecule has 74 valence electrons. The third-order valence-electron chi connectivity index (χ3n) is 1.44. The summed E-state index contributed by atoms with van der Waals surface area (Å²) in [7, 11) is -3.22. The van der Waals surface area contributed by atoms with Crippen molar-refractivity contribution in [2.45, 2.75) is 6.54 Å². The highest BCUT2D eigenvalue weighted by Gasteiger charge is 2.07. The van der Waals surface area contributed by atoms with Gasteiger partial charge >= 0.3 is 0 Å². The van der Waals surface area contributed by atoms with Gasteiger partial charge in [0.2, 0.25) is 10.0 Å². The largest absolute Gasteiger partial charge is 0.329 e. The van der Waals surface area contributed by atoms with Crippen LogP contribution in [-0.4, -0.2) is 30.9 Å². The summed E-state index contributed by atoms with van der Waals surface area (Å²) in [5, 5.41) is 6.27. The highest BCUT2D eigenvalue weighted by molar-refractivity contribution is 7.89. The van der Waals surface area contributed by atoms with Crippen LogP contribution in [0.1, 0.15) is 5.56 Å². The zero-order valence-corrected chi connectivity index (χ0v) is 7.84. The number of nitrogens with one attached hydrogen (secondary N) is 2. The van der Waals surface area contributed by atoms with Crippen LogP contribution in [0.3, 0.4) is 0 Å². The molecule has 1 heterocycles. The fourth-order valence-corrected chi connectivity index (χ4v) is 1.64. The van der Waals surface area contributed by atoms with Crippen molar-refractivity contribution in [2.75, 3.05) is 12.3 Å². The zero-order chi connectivity index (χ0) is 9.73. The molecule has 1 aromatic rings. The van der Waals surface area contributed by atoms with Crippen LogP contribution < -0.4 is 10.5 Å². The number of hydrogen-bond acceptors (Lipinski definition) is 4. The van der Waals surface area contributed by atoms with Crippen LogP contribution in [-0.2, 0) is 16.6 Å². The molecule has 0 bridgehead atoms. The van der Waals surface area contributed by atoms with Gasteiger partial charge in [-0.05, 0) is 0 Å². The molecule has 0 aliphatic carbocycles. The molecule has 0 aliphatic rings. The number of sulfonamides is 1. The molecule has 1 aromatic heterocycles. The van der Waals surface area contributed by atoms with E-state index in [2.05, 4.69) is 14.9 Å². The average molecular weight is 204 g/mol. The van der Waals surface area contributed by atoms with Gasteiger partial charge < -0.3 is 5.73 Å². The van der Waals surface area contributed by atoms with Gasteiger partial charge in [-0.2, -0.15) is 5.10 Å². The number of aromatic nitrogens is 2. The van der Waals surface area contributed by atoms with Gasteiger partial charge in [0, 0.05) is 24.8 Å². The van der Waals surface area contributed by atoms with Gasteiger partial charge in [-0.1, -0.05) is 0 Å². The first-order valence-electron chi connectivity index (χ1n) is 3.79. The SMILES string of the molecule is NCCS(=O)(=O)NCc1cn[nH]c1. The van der Waals surface area contributed by atoms with Gasteiger partial charge in [0.1, 0.15) is 0 Å². The summed E-state index contributed by atoms with van der Waals surface area (Å²) in [6.07, 6.45) is 3.19. The van der Waals surface area contributed by atoms with E-state index in [1.807, 2.05) is 0 Å². The van der Waals surface area contributed by atoms with Gasteiger partial charge in [-0.25, -0.2) is 13.1 Å². The summed E-state index contributed by atoms with van der Waals surface area (Å²) in [6.45, 7) is 0.375. The predicted octanol–water partition coefficient (Wildman–Crippen LogP) is -1.21. The molecule has 0 aromatic carbocycles. The topological polar surface area (TPSA) is 101 Å². The molecule has 0 aliphatic heterocycles. The molecule has 7 heteroatoms. The first-order chi connectivity index (χ1) is 6.14. The average Bonchev–Trinajstić information content (AvgIpc) is 2.52. The van der Waals surface area contributed by atoms with E-state index in [0.29, 0.717) is 0 Å². The molecule has 4 N–H and O–H groups in total. The first-order valence-corrected chi connectivity index (χ1v) is 5.44. The summed E-state index contributed by atoms with van der Waals surface area (Å²) < 4.78 is 24.6. The van der Waals surface area contributed by atoms with Crippen molar-refractivity contribution >= 4 is 10.0 Å². The van der Waals surface area contributed by atoms with E-state index >= 15 is 0 Å². The molecule has 0 atom stereocenters. The van der Waals surface area contributed by atoms with Crippen molar-refractivity contribution in [3.8, 4) is 0 Å². The monoisotopic (exact) mass is 204 g/mol. The van der Waals surface area contributed by atoms with Gasteiger partial charge in [0.25, 0.3) is 0 Å². The molecule has 6 nitrogen and oxygen atoms in total. The number of nitrogens with two attached hydrogens (primary N) is 1. The maximum atomic E-state index is 11.1. The molecular formula is C6H12N4O2S. The fraction of sp³-hybridized carbons (Fsp3) is 0.500. The Morgan fingerprint density at radius 2 is 2.38 bits per heavy atom. The van der Waals surface area contributed by atoms with Crippen molar-refractivity contribution < 1.29 is 8.42 Å². The van der Waals surface area contributed by atoms with E-state index in [0.717, 1.165) is 5.56 Å². The Labute approximate surface area is 76.6 Å². The second kappa shape index (κ2) is 4.35. The molecule has 0 saturated carbocycles. The maximum Gasteiger partial charge on any atom is 0.213 e. The van der Waals surface area contributed by atoms with Crippen LogP contribution in [0.15, 0.2) is 12.4 Å². The normalized spacial score (nSPS) is 11.8.